The van der Waals surface area contributed by atoms with Gasteiger partial charge in [0.1, 0.15) is 10.5 Å². The van der Waals surface area contributed by atoms with Crippen molar-refractivity contribution in [1.29, 1.82) is 0 Å². The molecule has 0 aromatic carbocycles. The molecule has 1 amide bonds. The molecular weight excluding hydrogens is 284 g/mol. The van der Waals surface area contributed by atoms with Crippen LogP contribution in [0.15, 0.2) is 34.1 Å². The topological polar surface area (TPSA) is 106 Å². The number of thiophene rings is 1. The minimum Gasteiger partial charge on any atom is -0.395 e. The molecule has 0 bridgehead atoms. The lowest BCUT2D eigenvalue weighted by Crippen LogP contribution is -2.37. The summed E-state index contributed by atoms with van der Waals surface area (Å²) in [5.41, 5.74) is -1.21. The highest BCUT2D eigenvalue weighted by molar-refractivity contribution is 7.10. The van der Waals surface area contributed by atoms with Gasteiger partial charge in [0, 0.05) is 4.88 Å². The van der Waals surface area contributed by atoms with Gasteiger partial charge in [-0.15, -0.1) is 11.3 Å². The monoisotopic (exact) mass is 296 g/mol. The van der Waals surface area contributed by atoms with Crippen molar-refractivity contribution in [3.05, 3.63) is 50.4 Å². The van der Waals surface area contributed by atoms with E-state index in [0.29, 0.717) is 4.88 Å². The van der Waals surface area contributed by atoms with Gasteiger partial charge in [0.15, 0.2) is 5.76 Å². The first kappa shape index (κ1) is 14.2. The minimum absolute atomic E-state index is 0.0269. The highest BCUT2D eigenvalue weighted by Crippen LogP contribution is 2.24. The summed E-state index contributed by atoms with van der Waals surface area (Å²) in [6.45, 7) is 1.55. The molecular formula is C12H12N2O5S. The van der Waals surface area contributed by atoms with Crippen molar-refractivity contribution in [2.45, 2.75) is 12.5 Å². The standard InChI is InChI=1S/C12H12N2O5S/c1-12(16,9-3-2-6-20-9)7-13-11(15)8-4-5-10(19-8)14(17)18/h2-6,16H,7H2,1H3,(H,13,15). The minimum atomic E-state index is -1.21. The van der Waals surface area contributed by atoms with Crippen molar-refractivity contribution in [2.24, 2.45) is 0 Å². The van der Waals surface area contributed by atoms with E-state index in [4.69, 9.17) is 4.42 Å². The molecule has 1 atom stereocenters. The third kappa shape index (κ3) is 3.03. The summed E-state index contributed by atoms with van der Waals surface area (Å²) < 4.78 is 4.77. The number of amides is 1. The molecule has 0 aliphatic carbocycles. The molecule has 0 fully saturated rings. The Hall–Kier alpha value is -2.19. The number of hydrogen-bond donors (Lipinski definition) is 2. The van der Waals surface area contributed by atoms with E-state index in [0.717, 1.165) is 6.07 Å². The van der Waals surface area contributed by atoms with Crippen molar-refractivity contribution in [2.75, 3.05) is 6.54 Å². The number of aliphatic hydroxyl groups is 1. The fourth-order valence-corrected chi connectivity index (χ4v) is 2.35. The Morgan fingerprint density at radius 3 is 2.85 bits per heavy atom. The van der Waals surface area contributed by atoms with Crippen LogP contribution in [0.2, 0.25) is 0 Å². The van der Waals surface area contributed by atoms with Crippen LogP contribution in [0.1, 0.15) is 22.4 Å². The molecule has 7 nitrogen and oxygen atoms in total. The number of nitrogens with zero attached hydrogens (tertiary/aromatic N) is 1. The van der Waals surface area contributed by atoms with E-state index >= 15 is 0 Å². The van der Waals surface area contributed by atoms with Gasteiger partial charge in [-0.25, -0.2) is 0 Å². The van der Waals surface area contributed by atoms with Crippen LogP contribution >= 0.6 is 11.3 Å². The van der Waals surface area contributed by atoms with Crippen molar-refractivity contribution >= 4 is 23.1 Å². The smallest absolute Gasteiger partial charge is 0.395 e. The van der Waals surface area contributed by atoms with Gasteiger partial charge in [-0.05, 0) is 24.4 Å². The Morgan fingerprint density at radius 2 is 2.30 bits per heavy atom. The summed E-state index contributed by atoms with van der Waals surface area (Å²) in [5.74, 6) is -1.28. The first-order valence-corrected chi connectivity index (χ1v) is 6.57. The number of nitrogens with one attached hydrogen (secondary N) is 1. The predicted molar refractivity (Wildman–Crippen MR) is 71.6 cm³/mol. The molecule has 0 radical (unpaired) electrons. The average Bonchev–Trinajstić information content (AvgIpc) is 3.06. The van der Waals surface area contributed by atoms with Gasteiger partial charge in [0.05, 0.1) is 12.6 Å². The van der Waals surface area contributed by atoms with Crippen LogP contribution in [0.3, 0.4) is 0 Å². The highest BCUT2D eigenvalue weighted by atomic mass is 32.1. The van der Waals surface area contributed by atoms with E-state index in [9.17, 15) is 20.0 Å². The van der Waals surface area contributed by atoms with Gasteiger partial charge in [-0.3, -0.25) is 14.9 Å². The Kier molecular flexibility index (Phi) is 3.86. The maximum absolute atomic E-state index is 11.8. The first-order valence-electron chi connectivity index (χ1n) is 5.69. The number of rotatable bonds is 5. The van der Waals surface area contributed by atoms with Crippen LogP contribution in [-0.4, -0.2) is 22.5 Å². The number of hydrogen-bond acceptors (Lipinski definition) is 6. The van der Waals surface area contributed by atoms with Crippen molar-refractivity contribution in [3.8, 4) is 0 Å². The van der Waals surface area contributed by atoms with Crippen LogP contribution in [0.5, 0.6) is 0 Å². The van der Waals surface area contributed by atoms with Gasteiger partial charge in [0.2, 0.25) is 0 Å². The van der Waals surface area contributed by atoms with Gasteiger partial charge < -0.3 is 14.8 Å². The average molecular weight is 296 g/mol. The lowest BCUT2D eigenvalue weighted by Gasteiger charge is -2.21. The number of carbonyl (C=O) groups is 1. The van der Waals surface area contributed by atoms with Crippen LogP contribution in [-0.2, 0) is 5.60 Å². The number of carbonyl (C=O) groups excluding carboxylic acids is 1. The van der Waals surface area contributed by atoms with E-state index in [1.807, 2.05) is 5.38 Å². The molecule has 2 aromatic rings. The molecule has 0 aliphatic heterocycles. The van der Waals surface area contributed by atoms with Gasteiger partial charge in [0.25, 0.3) is 5.91 Å². The summed E-state index contributed by atoms with van der Waals surface area (Å²) in [5, 5.41) is 25.0. The normalized spacial score (nSPS) is 13.7. The third-order valence-electron chi connectivity index (χ3n) is 2.64. The highest BCUT2D eigenvalue weighted by Gasteiger charge is 2.26. The number of furan rings is 1. The summed E-state index contributed by atoms with van der Waals surface area (Å²) in [6, 6.07) is 5.88. The largest absolute Gasteiger partial charge is 0.433 e. The Balaban J connectivity index is 1.99. The molecule has 8 heteroatoms. The summed E-state index contributed by atoms with van der Waals surface area (Å²) in [6.07, 6.45) is 0. The van der Waals surface area contributed by atoms with E-state index in [2.05, 4.69) is 5.32 Å². The molecule has 0 saturated heterocycles. The fourth-order valence-electron chi connectivity index (χ4n) is 1.56. The van der Waals surface area contributed by atoms with Gasteiger partial charge >= 0.3 is 5.88 Å². The summed E-state index contributed by atoms with van der Waals surface area (Å²) in [7, 11) is 0. The molecule has 2 N–H and O–H groups in total. The predicted octanol–water partition coefficient (Wildman–Crippen LogP) is 1.89. The maximum Gasteiger partial charge on any atom is 0.433 e. The second-order valence-electron chi connectivity index (χ2n) is 4.33. The SMILES string of the molecule is CC(O)(CNC(=O)c1ccc([N+](=O)[O-])o1)c1cccs1. The Labute approximate surface area is 118 Å². The van der Waals surface area contributed by atoms with E-state index < -0.39 is 22.3 Å². The quantitative estimate of drug-likeness (QED) is 0.647. The van der Waals surface area contributed by atoms with Crippen molar-refractivity contribution < 1.29 is 19.2 Å². The first-order chi connectivity index (χ1) is 9.40. The van der Waals surface area contributed by atoms with Crippen LogP contribution in [0.25, 0.3) is 0 Å². The van der Waals surface area contributed by atoms with Crippen LogP contribution in [0, 0.1) is 10.1 Å². The Morgan fingerprint density at radius 1 is 1.55 bits per heavy atom. The summed E-state index contributed by atoms with van der Waals surface area (Å²) in [4.78, 5) is 22.2. The van der Waals surface area contributed by atoms with Crippen LogP contribution < -0.4 is 5.32 Å². The second kappa shape index (κ2) is 5.43. The molecule has 106 valence electrons. The lowest BCUT2D eigenvalue weighted by atomic mass is 10.1. The maximum atomic E-state index is 11.8. The molecule has 1 unspecified atom stereocenters. The van der Waals surface area contributed by atoms with E-state index in [1.165, 1.54) is 17.4 Å². The van der Waals surface area contributed by atoms with Crippen molar-refractivity contribution in [1.82, 2.24) is 5.32 Å². The molecule has 2 heterocycles. The Bertz CT molecular complexity index is 618. The zero-order valence-corrected chi connectivity index (χ0v) is 11.3. The van der Waals surface area contributed by atoms with E-state index in [1.54, 1.807) is 19.1 Å². The zero-order valence-electron chi connectivity index (χ0n) is 10.5. The van der Waals surface area contributed by atoms with Gasteiger partial charge in [-0.2, -0.15) is 0 Å². The van der Waals surface area contributed by atoms with Crippen molar-refractivity contribution in [3.63, 3.8) is 0 Å². The lowest BCUT2D eigenvalue weighted by molar-refractivity contribution is -0.402. The molecule has 0 saturated carbocycles. The molecule has 0 aliphatic rings. The molecule has 0 spiro atoms. The van der Waals surface area contributed by atoms with E-state index in [-0.39, 0.29) is 12.3 Å². The van der Waals surface area contributed by atoms with Gasteiger partial charge in [-0.1, -0.05) is 6.07 Å². The van der Waals surface area contributed by atoms with Crippen LogP contribution in [0.4, 0.5) is 5.88 Å². The number of nitro groups is 1. The summed E-state index contributed by atoms with van der Waals surface area (Å²) >= 11 is 1.37. The second-order valence-corrected chi connectivity index (χ2v) is 5.28. The third-order valence-corrected chi connectivity index (χ3v) is 3.76. The molecule has 20 heavy (non-hydrogen) atoms. The molecule has 2 aromatic heterocycles. The molecule has 2 rings (SSSR count). The zero-order chi connectivity index (χ0) is 14.8. The fraction of sp³-hybridized carbons (Fsp3) is 0.250.